The minimum atomic E-state index is 0.160. The Balaban J connectivity index is 1.66. The lowest BCUT2D eigenvalue weighted by molar-refractivity contribution is 0.0984. The Morgan fingerprint density at radius 1 is 0.714 bits per heavy atom. The molecule has 142 valence electrons. The van der Waals surface area contributed by atoms with Gasteiger partial charge in [-0.05, 0) is 24.5 Å². The summed E-state index contributed by atoms with van der Waals surface area (Å²) >= 11 is 0. The SMILES string of the molecule is CC(CCC(=O)c1ccccc1)=NN(Cc1ccccc1)Cc1ccccc1. The lowest BCUT2D eigenvalue weighted by Crippen LogP contribution is -2.19. The standard InChI is InChI=1S/C25H26N2O/c1-21(17-18-25(28)24-15-9-4-10-16-24)26-27(19-22-11-5-2-6-12-22)20-23-13-7-3-8-14-23/h2-16H,17-20H2,1H3. The van der Waals surface area contributed by atoms with Gasteiger partial charge in [0.15, 0.2) is 5.78 Å². The molecule has 3 aromatic carbocycles. The van der Waals surface area contributed by atoms with E-state index in [1.165, 1.54) is 11.1 Å². The van der Waals surface area contributed by atoms with Gasteiger partial charge in [0.05, 0.1) is 13.1 Å². The number of hydrogen-bond donors (Lipinski definition) is 0. The third-order valence-corrected chi connectivity index (χ3v) is 4.54. The Morgan fingerprint density at radius 3 is 1.68 bits per heavy atom. The second-order valence-electron chi connectivity index (χ2n) is 6.92. The minimum Gasteiger partial charge on any atom is -0.294 e. The van der Waals surface area contributed by atoms with Crippen molar-refractivity contribution in [3.63, 3.8) is 0 Å². The van der Waals surface area contributed by atoms with Crippen LogP contribution >= 0.6 is 0 Å². The van der Waals surface area contributed by atoms with Crippen LogP contribution in [0, 0.1) is 0 Å². The number of hydrogen-bond acceptors (Lipinski definition) is 3. The molecule has 0 aromatic heterocycles. The second-order valence-corrected chi connectivity index (χ2v) is 6.92. The fraction of sp³-hybridized carbons (Fsp3) is 0.200. The molecular formula is C25H26N2O. The number of Topliss-reactive ketones (excluding diaryl/α,β-unsaturated/α-hetero) is 1. The molecule has 0 saturated heterocycles. The number of carbonyl (C=O) groups is 1. The molecule has 0 saturated carbocycles. The van der Waals surface area contributed by atoms with Crippen LogP contribution in [-0.2, 0) is 13.1 Å². The van der Waals surface area contributed by atoms with Crippen LogP contribution in [0.15, 0.2) is 96.1 Å². The first-order valence-corrected chi connectivity index (χ1v) is 9.66. The maximum Gasteiger partial charge on any atom is 0.163 e. The van der Waals surface area contributed by atoms with Gasteiger partial charge in [0.1, 0.15) is 0 Å². The lowest BCUT2D eigenvalue weighted by Gasteiger charge is -2.21. The van der Waals surface area contributed by atoms with E-state index in [1.54, 1.807) is 0 Å². The molecule has 0 atom stereocenters. The highest BCUT2D eigenvalue weighted by Crippen LogP contribution is 2.12. The van der Waals surface area contributed by atoms with E-state index in [0.29, 0.717) is 12.8 Å². The van der Waals surface area contributed by atoms with Gasteiger partial charge in [-0.2, -0.15) is 5.10 Å². The summed E-state index contributed by atoms with van der Waals surface area (Å²) in [4.78, 5) is 12.3. The minimum absolute atomic E-state index is 0.160. The van der Waals surface area contributed by atoms with Gasteiger partial charge in [-0.3, -0.25) is 9.80 Å². The van der Waals surface area contributed by atoms with Crippen molar-refractivity contribution in [2.24, 2.45) is 5.10 Å². The highest BCUT2D eigenvalue weighted by atomic mass is 16.1. The van der Waals surface area contributed by atoms with Crippen molar-refractivity contribution in [2.45, 2.75) is 32.9 Å². The molecule has 3 nitrogen and oxygen atoms in total. The van der Waals surface area contributed by atoms with E-state index >= 15 is 0 Å². The van der Waals surface area contributed by atoms with E-state index in [4.69, 9.17) is 5.10 Å². The summed E-state index contributed by atoms with van der Waals surface area (Å²) in [5.74, 6) is 0.160. The van der Waals surface area contributed by atoms with Gasteiger partial charge in [0.2, 0.25) is 0 Å². The number of carbonyl (C=O) groups excluding carboxylic acids is 1. The van der Waals surface area contributed by atoms with Crippen molar-refractivity contribution in [1.82, 2.24) is 5.01 Å². The number of ketones is 1. The van der Waals surface area contributed by atoms with Crippen LogP contribution in [0.2, 0.25) is 0 Å². The molecule has 28 heavy (non-hydrogen) atoms. The highest BCUT2D eigenvalue weighted by molar-refractivity contribution is 5.98. The van der Waals surface area contributed by atoms with Crippen molar-refractivity contribution in [3.05, 3.63) is 108 Å². The molecule has 0 bridgehead atoms. The molecular weight excluding hydrogens is 344 g/mol. The Morgan fingerprint density at radius 2 is 1.18 bits per heavy atom. The topological polar surface area (TPSA) is 32.7 Å². The normalized spacial score (nSPS) is 11.2. The van der Waals surface area contributed by atoms with Crippen molar-refractivity contribution >= 4 is 11.5 Å². The molecule has 0 spiro atoms. The monoisotopic (exact) mass is 370 g/mol. The summed E-state index contributed by atoms with van der Waals surface area (Å²) in [5.41, 5.74) is 4.17. The maximum absolute atomic E-state index is 12.3. The predicted molar refractivity (Wildman–Crippen MR) is 115 cm³/mol. The molecule has 0 N–H and O–H groups in total. The van der Waals surface area contributed by atoms with Gasteiger partial charge in [-0.15, -0.1) is 0 Å². The van der Waals surface area contributed by atoms with Crippen LogP contribution in [0.4, 0.5) is 0 Å². The summed E-state index contributed by atoms with van der Waals surface area (Å²) in [5, 5.41) is 6.91. The molecule has 0 unspecified atom stereocenters. The van der Waals surface area contributed by atoms with Crippen molar-refractivity contribution in [1.29, 1.82) is 0 Å². The highest BCUT2D eigenvalue weighted by Gasteiger charge is 2.08. The van der Waals surface area contributed by atoms with E-state index in [0.717, 1.165) is 24.4 Å². The number of benzene rings is 3. The first kappa shape index (κ1) is 19.6. The smallest absolute Gasteiger partial charge is 0.163 e. The zero-order valence-corrected chi connectivity index (χ0v) is 16.3. The number of nitrogens with zero attached hydrogens (tertiary/aromatic N) is 2. The van der Waals surface area contributed by atoms with Crippen molar-refractivity contribution in [3.8, 4) is 0 Å². The van der Waals surface area contributed by atoms with Gasteiger partial charge in [-0.1, -0.05) is 91.0 Å². The lowest BCUT2D eigenvalue weighted by atomic mass is 10.1. The largest absolute Gasteiger partial charge is 0.294 e. The van der Waals surface area contributed by atoms with Gasteiger partial charge in [0, 0.05) is 17.7 Å². The van der Waals surface area contributed by atoms with E-state index in [-0.39, 0.29) is 5.78 Å². The summed E-state index contributed by atoms with van der Waals surface area (Å²) in [6, 6.07) is 30.1. The average molecular weight is 370 g/mol. The molecule has 3 aromatic rings. The molecule has 0 aliphatic heterocycles. The molecule has 3 rings (SSSR count). The van der Waals surface area contributed by atoms with Gasteiger partial charge < -0.3 is 0 Å². The Kier molecular flexibility index (Phi) is 7.14. The van der Waals surface area contributed by atoms with E-state index in [1.807, 2.05) is 73.7 Å². The molecule has 0 amide bonds. The third-order valence-electron chi connectivity index (χ3n) is 4.54. The molecule has 0 aliphatic rings. The summed E-state index contributed by atoms with van der Waals surface area (Å²) < 4.78 is 0. The summed E-state index contributed by atoms with van der Waals surface area (Å²) in [7, 11) is 0. The average Bonchev–Trinajstić information content (AvgIpc) is 2.74. The first-order valence-electron chi connectivity index (χ1n) is 9.66. The Hall–Kier alpha value is -3.20. The van der Waals surface area contributed by atoms with Crippen LogP contribution in [0.1, 0.15) is 41.3 Å². The summed E-state index contributed by atoms with van der Waals surface area (Å²) in [6.07, 6.45) is 1.14. The maximum atomic E-state index is 12.3. The fourth-order valence-electron chi connectivity index (χ4n) is 3.07. The van der Waals surface area contributed by atoms with Crippen LogP contribution in [0.3, 0.4) is 0 Å². The van der Waals surface area contributed by atoms with Crippen LogP contribution in [0.5, 0.6) is 0 Å². The van der Waals surface area contributed by atoms with E-state index < -0.39 is 0 Å². The Bertz CT molecular complexity index is 848. The van der Waals surface area contributed by atoms with Gasteiger partial charge >= 0.3 is 0 Å². The second kappa shape index (κ2) is 10.2. The van der Waals surface area contributed by atoms with E-state index in [2.05, 4.69) is 29.3 Å². The van der Waals surface area contributed by atoms with Crippen LogP contribution < -0.4 is 0 Å². The molecule has 0 heterocycles. The zero-order chi connectivity index (χ0) is 19.6. The molecule has 3 heteroatoms. The number of hydrazone groups is 1. The zero-order valence-electron chi connectivity index (χ0n) is 16.3. The molecule has 0 fully saturated rings. The van der Waals surface area contributed by atoms with Crippen molar-refractivity contribution in [2.75, 3.05) is 0 Å². The predicted octanol–water partition coefficient (Wildman–Crippen LogP) is 5.73. The van der Waals surface area contributed by atoms with Crippen LogP contribution in [0.25, 0.3) is 0 Å². The van der Waals surface area contributed by atoms with Crippen LogP contribution in [-0.4, -0.2) is 16.5 Å². The number of rotatable bonds is 9. The first-order chi connectivity index (χ1) is 13.7. The molecule has 0 aliphatic carbocycles. The molecule has 0 radical (unpaired) electrons. The quantitative estimate of drug-likeness (QED) is 0.274. The fourth-order valence-corrected chi connectivity index (χ4v) is 3.07. The summed E-state index contributed by atoms with van der Waals surface area (Å²) in [6.45, 7) is 3.47. The van der Waals surface area contributed by atoms with E-state index in [9.17, 15) is 4.79 Å². The van der Waals surface area contributed by atoms with Gasteiger partial charge in [-0.25, -0.2) is 0 Å². The Labute approximate surface area is 167 Å². The van der Waals surface area contributed by atoms with Gasteiger partial charge in [0.25, 0.3) is 0 Å². The van der Waals surface area contributed by atoms with Crippen molar-refractivity contribution < 1.29 is 4.79 Å². The third kappa shape index (κ3) is 6.20.